The van der Waals surface area contributed by atoms with Crippen LogP contribution < -0.4 is 0 Å². The summed E-state index contributed by atoms with van der Waals surface area (Å²) in [5.41, 5.74) is 2.94. The third-order valence-corrected chi connectivity index (χ3v) is 3.44. The fourth-order valence-corrected chi connectivity index (χ4v) is 2.56. The molecule has 4 heteroatoms. The summed E-state index contributed by atoms with van der Waals surface area (Å²) in [5.74, 6) is -0.221. The Morgan fingerprint density at radius 1 is 1.33 bits per heavy atom. The Kier molecular flexibility index (Phi) is 3.11. The van der Waals surface area contributed by atoms with Gasteiger partial charge >= 0.3 is 0 Å². The lowest BCUT2D eigenvalue weighted by Crippen LogP contribution is -2.19. The lowest BCUT2D eigenvalue weighted by molar-refractivity contribution is 0.0913. The Hall–Kier alpha value is -1.84. The molecular formula is C14H17NO3. The molecule has 0 bridgehead atoms. The lowest BCUT2D eigenvalue weighted by Gasteiger charge is -2.12. The SMILES string of the molecule is CCCc1c(C)c2c(n1C)C(=O)C=C(OC)C2=O. The van der Waals surface area contributed by atoms with Gasteiger partial charge in [-0.3, -0.25) is 9.59 Å². The largest absolute Gasteiger partial charge is 0.492 e. The van der Waals surface area contributed by atoms with Gasteiger partial charge in [0.25, 0.3) is 0 Å². The van der Waals surface area contributed by atoms with Crippen LogP contribution in [0.15, 0.2) is 11.8 Å². The van der Waals surface area contributed by atoms with E-state index in [1.165, 1.54) is 13.2 Å². The number of hydrogen-bond acceptors (Lipinski definition) is 3. The molecule has 0 unspecified atom stereocenters. The number of rotatable bonds is 3. The first-order valence-electron chi connectivity index (χ1n) is 6.05. The number of carbonyl (C=O) groups is 2. The van der Waals surface area contributed by atoms with Crippen molar-refractivity contribution in [1.29, 1.82) is 0 Å². The molecule has 0 aliphatic heterocycles. The van der Waals surface area contributed by atoms with Gasteiger partial charge in [0.05, 0.1) is 12.7 Å². The normalized spacial score (nSPS) is 14.6. The van der Waals surface area contributed by atoms with Crippen molar-refractivity contribution in [3.05, 3.63) is 34.3 Å². The highest BCUT2D eigenvalue weighted by molar-refractivity contribution is 6.24. The van der Waals surface area contributed by atoms with E-state index in [1.807, 2.05) is 18.5 Å². The number of hydrogen-bond donors (Lipinski definition) is 0. The van der Waals surface area contributed by atoms with Crippen LogP contribution in [0.2, 0.25) is 0 Å². The van der Waals surface area contributed by atoms with Gasteiger partial charge in [0, 0.05) is 18.8 Å². The number of allylic oxidation sites excluding steroid dienone is 2. The van der Waals surface area contributed by atoms with E-state index in [1.54, 1.807) is 0 Å². The summed E-state index contributed by atoms with van der Waals surface area (Å²) in [7, 11) is 3.25. The molecule has 0 fully saturated rings. The Balaban J connectivity index is 2.67. The van der Waals surface area contributed by atoms with Crippen LogP contribution in [-0.4, -0.2) is 23.2 Å². The van der Waals surface area contributed by atoms with Crippen LogP contribution in [0, 0.1) is 6.92 Å². The van der Waals surface area contributed by atoms with Crippen molar-refractivity contribution >= 4 is 11.6 Å². The molecule has 0 spiro atoms. The number of Topliss-reactive ketones (excluding diaryl/α,β-unsaturated/α-hetero) is 1. The molecule has 1 heterocycles. The van der Waals surface area contributed by atoms with Gasteiger partial charge in [-0.25, -0.2) is 0 Å². The highest BCUT2D eigenvalue weighted by atomic mass is 16.5. The topological polar surface area (TPSA) is 48.3 Å². The molecule has 96 valence electrons. The highest BCUT2D eigenvalue weighted by Crippen LogP contribution is 2.29. The number of fused-ring (bicyclic) bond motifs is 1. The average Bonchev–Trinajstić information content (AvgIpc) is 2.59. The van der Waals surface area contributed by atoms with Gasteiger partial charge < -0.3 is 9.30 Å². The molecule has 0 aromatic carbocycles. The third-order valence-electron chi connectivity index (χ3n) is 3.44. The molecule has 1 aliphatic rings. The van der Waals surface area contributed by atoms with Crippen molar-refractivity contribution in [3.63, 3.8) is 0 Å². The van der Waals surface area contributed by atoms with Gasteiger partial charge in [-0.1, -0.05) is 13.3 Å². The second kappa shape index (κ2) is 4.44. The van der Waals surface area contributed by atoms with Gasteiger partial charge in [0.2, 0.25) is 11.6 Å². The van der Waals surface area contributed by atoms with Gasteiger partial charge in [-0.15, -0.1) is 0 Å². The van der Waals surface area contributed by atoms with Crippen LogP contribution in [0.4, 0.5) is 0 Å². The van der Waals surface area contributed by atoms with Crippen LogP contribution in [0.5, 0.6) is 0 Å². The Morgan fingerprint density at radius 2 is 2.00 bits per heavy atom. The van der Waals surface area contributed by atoms with Crippen LogP contribution in [-0.2, 0) is 18.2 Å². The predicted octanol–water partition coefficient (Wildman–Crippen LogP) is 2.20. The van der Waals surface area contributed by atoms with E-state index in [9.17, 15) is 9.59 Å². The molecule has 0 radical (unpaired) electrons. The van der Waals surface area contributed by atoms with Crippen molar-refractivity contribution in [2.24, 2.45) is 7.05 Å². The standard InChI is InChI=1S/C14H17NO3/c1-5-6-9-8(2)12-13(15(9)3)10(16)7-11(18-4)14(12)17/h7H,5-6H2,1-4H3. The zero-order valence-corrected chi connectivity index (χ0v) is 11.2. The molecule has 1 aromatic rings. The van der Waals surface area contributed by atoms with Gasteiger partial charge in [-0.05, 0) is 18.9 Å². The average molecular weight is 247 g/mol. The number of methoxy groups -OCH3 is 1. The fraction of sp³-hybridized carbons (Fsp3) is 0.429. The first-order valence-corrected chi connectivity index (χ1v) is 6.05. The molecule has 4 nitrogen and oxygen atoms in total. The molecule has 0 saturated heterocycles. The summed E-state index contributed by atoms with van der Waals surface area (Å²) in [5, 5.41) is 0. The third kappa shape index (κ3) is 1.60. The van der Waals surface area contributed by atoms with Crippen molar-refractivity contribution in [1.82, 2.24) is 4.57 Å². The second-order valence-corrected chi connectivity index (χ2v) is 4.51. The number of nitrogens with zero attached hydrogens (tertiary/aromatic N) is 1. The maximum Gasteiger partial charge on any atom is 0.230 e. The van der Waals surface area contributed by atoms with E-state index in [0.29, 0.717) is 11.3 Å². The monoisotopic (exact) mass is 247 g/mol. The molecule has 0 atom stereocenters. The molecule has 18 heavy (non-hydrogen) atoms. The Morgan fingerprint density at radius 3 is 2.56 bits per heavy atom. The molecule has 0 amide bonds. The van der Waals surface area contributed by atoms with Gasteiger partial charge in [0.15, 0.2) is 5.76 Å². The zero-order chi connectivity index (χ0) is 13.4. The lowest BCUT2D eigenvalue weighted by atomic mass is 9.96. The molecule has 0 saturated carbocycles. The summed E-state index contributed by atoms with van der Waals surface area (Å²) in [6.45, 7) is 3.97. The smallest absolute Gasteiger partial charge is 0.230 e. The number of aromatic nitrogens is 1. The van der Waals surface area contributed by atoms with Crippen LogP contribution in [0.1, 0.15) is 45.4 Å². The van der Waals surface area contributed by atoms with E-state index < -0.39 is 0 Å². The summed E-state index contributed by atoms with van der Waals surface area (Å²) < 4.78 is 6.82. The van der Waals surface area contributed by atoms with E-state index in [0.717, 1.165) is 24.1 Å². The van der Waals surface area contributed by atoms with Crippen LogP contribution >= 0.6 is 0 Å². The first kappa shape index (κ1) is 12.6. The fourth-order valence-electron chi connectivity index (χ4n) is 2.56. The summed E-state index contributed by atoms with van der Waals surface area (Å²) in [4.78, 5) is 24.3. The van der Waals surface area contributed by atoms with E-state index in [4.69, 9.17) is 4.74 Å². The summed E-state index contributed by atoms with van der Waals surface area (Å²) in [6, 6.07) is 0. The van der Waals surface area contributed by atoms with Crippen molar-refractivity contribution in [2.75, 3.05) is 7.11 Å². The van der Waals surface area contributed by atoms with E-state index >= 15 is 0 Å². The summed E-state index contributed by atoms with van der Waals surface area (Å²) in [6.07, 6.45) is 3.11. The molecule has 0 N–H and O–H groups in total. The molecule has 2 rings (SSSR count). The highest BCUT2D eigenvalue weighted by Gasteiger charge is 2.33. The number of ether oxygens (including phenoxy) is 1. The maximum absolute atomic E-state index is 12.2. The first-order chi connectivity index (χ1) is 8.52. The maximum atomic E-state index is 12.2. The van der Waals surface area contributed by atoms with Gasteiger partial charge in [-0.2, -0.15) is 0 Å². The molecule has 1 aromatic heterocycles. The molecular weight excluding hydrogens is 230 g/mol. The summed E-state index contributed by atoms with van der Waals surface area (Å²) >= 11 is 0. The van der Waals surface area contributed by atoms with E-state index in [2.05, 4.69) is 6.92 Å². The Bertz CT molecular complexity index is 564. The van der Waals surface area contributed by atoms with Crippen LogP contribution in [0.25, 0.3) is 0 Å². The van der Waals surface area contributed by atoms with E-state index in [-0.39, 0.29) is 17.3 Å². The number of ketones is 2. The minimum absolute atomic E-state index is 0.129. The second-order valence-electron chi connectivity index (χ2n) is 4.51. The zero-order valence-electron chi connectivity index (χ0n) is 11.2. The van der Waals surface area contributed by atoms with Crippen LogP contribution in [0.3, 0.4) is 0 Å². The quantitative estimate of drug-likeness (QED) is 0.822. The van der Waals surface area contributed by atoms with Crippen molar-refractivity contribution in [2.45, 2.75) is 26.7 Å². The number of carbonyl (C=O) groups excluding carboxylic acids is 2. The van der Waals surface area contributed by atoms with Crippen molar-refractivity contribution < 1.29 is 14.3 Å². The van der Waals surface area contributed by atoms with Crippen molar-refractivity contribution in [3.8, 4) is 0 Å². The minimum Gasteiger partial charge on any atom is -0.492 e. The minimum atomic E-state index is -0.192. The predicted molar refractivity (Wildman–Crippen MR) is 67.9 cm³/mol. The van der Waals surface area contributed by atoms with Gasteiger partial charge in [0.1, 0.15) is 5.69 Å². The Labute approximate surface area is 106 Å². The molecule has 1 aliphatic carbocycles.